The zero-order valence-corrected chi connectivity index (χ0v) is 20.0. The van der Waals surface area contributed by atoms with Crippen LogP contribution in [0.5, 0.6) is 0 Å². The molecule has 8 nitrogen and oxygen atoms in total. The van der Waals surface area contributed by atoms with Gasteiger partial charge in [-0.05, 0) is 48.4 Å². The van der Waals surface area contributed by atoms with E-state index in [4.69, 9.17) is 16.2 Å². The van der Waals surface area contributed by atoms with Crippen LogP contribution in [0.4, 0.5) is 9.80 Å². The first kappa shape index (κ1) is 24.4. The molecular formula is C26H28N4O4S. The maximum Gasteiger partial charge on any atom is 0.328 e. The van der Waals surface area contributed by atoms with Crippen LogP contribution in [-0.4, -0.2) is 24.0 Å². The second-order valence-corrected chi connectivity index (χ2v) is 9.52. The first-order chi connectivity index (χ1) is 16.9. The molecule has 9 heteroatoms. The Kier molecular flexibility index (Phi) is 7.79. The number of esters is 1. The molecule has 3 aromatic rings. The number of carbonyl (C=O) groups excluding carboxylic acids is 3. The second kappa shape index (κ2) is 11.2. The van der Waals surface area contributed by atoms with Gasteiger partial charge >= 0.3 is 12.0 Å². The third kappa shape index (κ3) is 6.26. The Morgan fingerprint density at radius 3 is 2.31 bits per heavy atom. The van der Waals surface area contributed by atoms with Gasteiger partial charge in [-0.25, -0.2) is 9.59 Å². The highest BCUT2D eigenvalue weighted by molar-refractivity contribution is 7.20. The molecule has 1 fully saturated rings. The first-order valence-electron chi connectivity index (χ1n) is 11.5. The lowest BCUT2D eigenvalue weighted by Crippen LogP contribution is -2.32. The van der Waals surface area contributed by atoms with Crippen LogP contribution in [0.1, 0.15) is 53.2 Å². The lowest BCUT2D eigenvalue weighted by atomic mass is 10.1. The zero-order chi connectivity index (χ0) is 24.8. The van der Waals surface area contributed by atoms with Crippen LogP contribution in [0.15, 0.2) is 60.7 Å². The summed E-state index contributed by atoms with van der Waals surface area (Å²) >= 11 is 1.22. The Morgan fingerprint density at radius 1 is 1.00 bits per heavy atom. The SMILES string of the molecule is NC(=O)Nc1sc(-c2ccc(CN[C@H](C(=O)OC3CCCC3)c3ccccc3)cc2)cc1C(N)=O. The fourth-order valence-electron chi connectivity index (χ4n) is 4.15. The van der Waals surface area contributed by atoms with Gasteiger partial charge in [-0.3, -0.25) is 15.4 Å². The number of primary amides is 2. The van der Waals surface area contributed by atoms with Gasteiger partial charge < -0.3 is 16.2 Å². The molecule has 3 amide bonds. The van der Waals surface area contributed by atoms with Crippen molar-refractivity contribution in [1.82, 2.24) is 5.32 Å². The lowest BCUT2D eigenvalue weighted by molar-refractivity contribution is -0.151. The fraction of sp³-hybridized carbons (Fsp3) is 0.269. The van der Waals surface area contributed by atoms with Gasteiger partial charge in [-0.1, -0.05) is 54.6 Å². The van der Waals surface area contributed by atoms with E-state index in [2.05, 4.69) is 10.6 Å². The average molecular weight is 493 g/mol. The Balaban J connectivity index is 1.46. The number of hydrogen-bond acceptors (Lipinski definition) is 6. The first-order valence-corrected chi connectivity index (χ1v) is 12.3. The quantitative estimate of drug-likeness (QED) is 0.330. The Morgan fingerprint density at radius 2 is 1.69 bits per heavy atom. The molecule has 0 aliphatic heterocycles. The molecule has 1 aromatic heterocycles. The van der Waals surface area contributed by atoms with Crippen LogP contribution < -0.4 is 22.1 Å². The van der Waals surface area contributed by atoms with Crippen LogP contribution in [0, 0.1) is 0 Å². The van der Waals surface area contributed by atoms with Crippen molar-refractivity contribution in [2.45, 2.75) is 44.4 Å². The topological polar surface area (TPSA) is 137 Å². The number of rotatable bonds is 9. The van der Waals surface area contributed by atoms with Gasteiger partial charge in [0.15, 0.2) is 0 Å². The van der Waals surface area contributed by atoms with Gasteiger partial charge in [-0.15, -0.1) is 11.3 Å². The van der Waals surface area contributed by atoms with Gasteiger partial charge in [0.1, 0.15) is 17.1 Å². The molecule has 35 heavy (non-hydrogen) atoms. The fourth-order valence-corrected chi connectivity index (χ4v) is 5.22. The summed E-state index contributed by atoms with van der Waals surface area (Å²) in [6.07, 6.45) is 4.04. The summed E-state index contributed by atoms with van der Waals surface area (Å²) in [5.74, 6) is -0.903. The number of benzene rings is 2. The van der Waals surface area contributed by atoms with Crippen molar-refractivity contribution < 1.29 is 19.1 Å². The van der Waals surface area contributed by atoms with E-state index < -0.39 is 18.0 Å². The molecule has 0 bridgehead atoms. The Hall–Kier alpha value is -3.69. The maximum atomic E-state index is 13.0. The predicted octanol–water partition coefficient (Wildman–Crippen LogP) is 4.32. The molecule has 1 saturated carbocycles. The molecule has 0 unspecified atom stereocenters. The van der Waals surface area contributed by atoms with Crippen molar-refractivity contribution in [2.75, 3.05) is 5.32 Å². The Labute approximate surface area is 207 Å². The van der Waals surface area contributed by atoms with Gasteiger partial charge in [-0.2, -0.15) is 0 Å². The van der Waals surface area contributed by atoms with Crippen molar-refractivity contribution >= 4 is 34.2 Å². The molecule has 1 atom stereocenters. The van der Waals surface area contributed by atoms with Gasteiger partial charge in [0.2, 0.25) is 0 Å². The van der Waals surface area contributed by atoms with Gasteiger partial charge in [0, 0.05) is 11.4 Å². The normalized spacial score (nSPS) is 14.4. The van der Waals surface area contributed by atoms with Gasteiger partial charge in [0.05, 0.1) is 5.56 Å². The molecule has 4 rings (SSSR count). The third-order valence-corrected chi connectivity index (χ3v) is 7.04. The summed E-state index contributed by atoms with van der Waals surface area (Å²) in [5, 5.41) is 6.10. The molecule has 1 aliphatic carbocycles. The van der Waals surface area contributed by atoms with Gasteiger partial charge in [0.25, 0.3) is 5.91 Å². The van der Waals surface area contributed by atoms with E-state index in [1.54, 1.807) is 6.07 Å². The molecule has 182 valence electrons. The summed E-state index contributed by atoms with van der Waals surface area (Å²) in [5.41, 5.74) is 13.5. The minimum Gasteiger partial charge on any atom is -0.461 e. The number of urea groups is 1. The minimum absolute atomic E-state index is 0.000157. The molecular weight excluding hydrogens is 464 g/mol. The molecule has 0 saturated heterocycles. The summed E-state index contributed by atoms with van der Waals surface area (Å²) in [6.45, 7) is 0.463. The van der Waals surface area contributed by atoms with E-state index in [0.29, 0.717) is 11.5 Å². The van der Waals surface area contributed by atoms with Crippen LogP contribution in [-0.2, 0) is 16.1 Å². The van der Waals surface area contributed by atoms with E-state index >= 15 is 0 Å². The number of amides is 3. The molecule has 0 radical (unpaired) electrons. The van der Waals surface area contributed by atoms with E-state index in [9.17, 15) is 14.4 Å². The van der Waals surface area contributed by atoms with Crippen molar-refractivity contribution in [3.05, 3.63) is 77.4 Å². The molecule has 2 aromatic carbocycles. The van der Waals surface area contributed by atoms with E-state index in [0.717, 1.165) is 47.3 Å². The van der Waals surface area contributed by atoms with E-state index in [1.165, 1.54) is 11.3 Å². The number of anilines is 1. The highest BCUT2D eigenvalue weighted by Crippen LogP contribution is 2.35. The number of nitrogens with two attached hydrogens (primary N) is 2. The number of hydrogen-bond donors (Lipinski definition) is 4. The number of nitrogens with one attached hydrogen (secondary N) is 2. The van der Waals surface area contributed by atoms with Crippen LogP contribution in [0.25, 0.3) is 10.4 Å². The second-order valence-electron chi connectivity index (χ2n) is 8.47. The summed E-state index contributed by atoms with van der Waals surface area (Å²) < 4.78 is 5.78. The van der Waals surface area contributed by atoms with Crippen molar-refractivity contribution in [2.24, 2.45) is 11.5 Å². The van der Waals surface area contributed by atoms with Crippen LogP contribution >= 0.6 is 11.3 Å². The maximum absolute atomic E-state index is 13.0. The summed E-state index contributed by atoms with van der Waals surface area (Å²) in [6, 6.07) is 17.6. The van der Waals surface area contributed by atoms with E-state index in [-0.39, 0.29) is 17.6 Å². The number of ether oxygens (including phenoxy) is 1. The van der Waals surface area contributed by atoms with Crippen LogP contribution in [0.2, 0.25) is 0 Å². The monoisotopic (exact) mass is 492 g/mol. The molecule has 0 spiro atoms. The summed E-state index contributed by atoms with van der Waals surface area (Å²) in [7, 11) is 0. The lowest BCUT2D eigenvalue weighted by Gasteiger charge is -2.21. The minimum atomic E-state index is -0.762. The van der Waals surface area contributed by atoms with Crippen molar-refractivity contribution in [3.63, 3.8) is 0 Å². The molecule has 6 N–H and O–H groups in total. The highest BCUT2D eigenvalue weighted by atomic mass is 32.1. The number of carbonyl (C=O) groups is 3. The Bertz CT molecular complexity index is 1190. The van der Waals surface area contributed by atoms with Crippen molar-refractivity contribution in [1.29, 1.82) is 0 Å². The highest BCUT2D eigenvalue weighted by Gasteiger charge is 2.26. The summed E-state index contributed by atoms with van der Waals surface area (Å²) in [4.78, 5) is 36.7. The third-order valence-electron chi connectivity index (χ3n) is 5.94. The largest absolute Gasteiger partial charge is 0.461 e. The molecule has 1 heterocycles. The molecule has 1 aliphatic rings. The number of thiophene rings is 1. The standard InChI is InChI=1S/C26H28N4O4S/c27-23(31)20-14-21(35-24(20)30-26(28)33)17-12-10-16(11-13-17)15-29-22(18-6-2-1-3-7-18)25(32)34-19-8-4-5-9-19/h1-3,6-7,10-14,19,22,29H,4-5,8-9,15H2,(H2,27,31)(H3,28,30,33)/t22-/m0/s1. The smallest absolute Gasteiger partial charge is 0.328 e. The van der Waals surface area contributed by atoms with Crippen LogP contribution in [0.3, 0.4) is 0 Å². The zero-order valence-electron chi connectivity index (χ0n) is 19.2. The van der Waals surface area contributed by atoms with Crippen molar-refractivity contribution in [3.8, 4) is 10.4 Å². The van der Waals surface area contributed by atoms with E-state index in [1.807, 2.05) is 54.6 Å². The average Bonchev–Trinajstić information content (AvgIpc) is 3.50. The predicted molar refractivity (Wildman–Crippen MR) is 136 cm³/mol.